The summed E-state index contributed by atoms with van der Waals surface area (Å²) in [5.41, 5.74) is 0. The van der Waals surface area contributed by atoms with Crippen LogP contribution >= 0.6 is 0 Å². The third kappa shape index (κ3) is 14.9. The molecular formula is C21H41NO3. The number of esters is 1. The molecule has 25 heavy (non-hydrogen) atoms. The van der Waals surface area contributed by atoms with Crippen LogP contribution in [0, 0.1) is 0 Å². The molecule has 0 aliphatic rings. The number of nitrogens with one attached hydrogen (secondary N) is 1. The van der Waals surface area contributed by atoms with Crippen molar-refractivity contribution < 1.29 is 14.3 Å². The van der Waals surface area contributed by atoms with Crippen molar-refractivity contribution in [3.63, 3.8) is 0 Å². The van der Waals surface area contributed by atoms with Crippen molar-refractivity contribution >= 4 is 11.9 Å². The van der Waals surface area contributed by atoms with Crippen molar-refractivity contribution in [3.8, 4) is 0 Å². The lowest BCUT2D eigenvalue weighted by molar-refractivity contribution is -0.145. The molecule has 0 fully saturated rings. The molecule has 0 aliphatic heterocycles. The zero-order chi connectivity index (χ0) is 18.8. The molecule has 1 amide bonds. The fourth-order valence-electron chi connectivity index (χ4n) is 3.04. The summed E-state index contributed by atoms with van der Waals surface area (Å²) in [6, 6.07) is -0.500. The molecule has 0 radical (unpaired) electrons. The maximum Gasteiger partial charge on any atom is 0.328 e. The Balaban J connectivity index is 3.37. The van der Waals surface area contributed by atoms with Crippen LogP contribution in [-0.4, -0.2) is 25.0 Å². The van der Waals surface area contributed by atoms with Gasteiger partial charge in [-0.3, -0.25) is 4.79 Å². The van der Waals surface area contributed by atoms with Crippen molar-refractivity contribution in [3.05, 3.63) is 0 Å². The predicted molar refractivity (Wildman–Crippen MR) is 105 cm³/mol. The largest absolute Gasteiger partial charge is 0.467 e. The molecule has 0 saturated carbocycles. The highest BCUT2D eigenvalue weighted by molar-refractivity contribution is 5.84. The molecule has 0 aromatic heterocycles. The van der Waals surface area contributed by atoms with E-state index in [-0.39, 0.29) is 11.9 Å². The maximum atomic E-state index is 11.8. The lowest BCUT2D eigenvalue weighted by Gasteiger charge is -2.14. The topological polar surface area (TPSA) is 55.4 Å². The van der Waals surface area contributed by atoms with Crippen LogP contribution in [-0.2, 0) is 14.3 Å². The molecule has 1 atom stereocenters. The number of ether oxygens (including phenoxy) is 1. The number of methoxy groups -OCH3 is 1. The Hall–Kier alpha value is -1.06. The minimum Gasteiger partial charge on any atom is -0.467 e. The first-order chi connectivity index (χ1) is 12.2. The molecule has 0 saturated heterocycles. The number of hydrogen-bond acceptors (Lipinski definition) is 3. The summed E-state index contributed by atoms with van der Waals surface area (Å²) in [5, 5.41) is 2.75. The van der Waals surface area contributed by atoms with E-state index in [1.54, 1.807) is 0 Å². The lowest BCUT2D eigenvalue weighted by atomic mass is 10.0. The minimum absolute atomic E-state index is 0.0414. The first kappa shape index (κ1) is 23.9. The summed E-state index contributed by atoms with van der Waals surface area (Å²) in [6.45, 7) is 4.13. The molecule has 0 bridgehead atoms. The van der Waals surface area contributed by atoms with Gasteiger partial charge in [0.1, 0.15) is 6.04 Å². The van der Waals surface area contributed by atoms with Crippen molar-refractivity contribution in [1.29, 1.82) is 0 Å². The normalized spacial score (nSPS) is 12.0. The first-order valence-electron chi connectivity index (χ1n) is 10.5. The highest BCUT2D eigenvalue weighted by atomic mass is 16.5. The van der Waals surface area contributed by atoms with Gasteiger partial charge < -0.3 is 10.1 Å². The van der Waals surface area contributed by atoms with E-state index in [0.29, 0.717) is 12.8 Å². The monoisotopic (exact) mass is 355 g/mol. The van der Waals surface area contributed by atoms with Crippen molar-refractivity contribution in [2.24, 2.45) is 0 Å². The van der Waals surface area contributed by atoms with Crippen LogP contribution in [0.2, 0.25) is 0 Å². The van der Waals surface area contributed by atoms with E-state index in [1.165, 1.54) is 77.7 Å². The Morgan fingerprint density at radius 1 is 0.760 bits per heavy atom. The second kappa shape index (κ2) is 17.8. The zero-order valence-electron chi connectivity index (χ0n) is 16.9. The second-order valence-corrected chi connectivity index (χ2v) is 7.04. The number of unbranched alkanes of at least 4 members (excludes halogenated alkanes) is 12. The molecule has 1 unspecified atom stereocenters. The van der Waals surface area contributed by atoms with E-state index < -0.39 is 6.04 Å². The SMILES string of the molecule is CCCCCCCCCCCCCCCC(=O)NC(CC)C(=O)OC. The number of hydrogen-bond donors (Lipinski definition) is 1. The summed E-state index contributed by atoms with van der Waals surface area (Å²) in [7, 11) is 1.35. The average Bonchev–Trinajstić information content (AvgIpc) is 2.62. The fourth-order valence-corrected chi connectivity index (χ4v) is 3.04. The van der Waals surface area contributed by atoms with Crippen molar-refractivity contribution in [1.82, 2.24) is 5.32 Å². The summed E-state index contributed by atoms with van der Waals surface area (Å²) < 4.78 is 4.67. The summed E-state index contributed by atoms with van der Waals surface area (Å²) in [4.78, 5) is 23.2. The van der Waals surface area contributed by atoms with Crippen LogP contribution in [0.1, 0.15) is 110 Å². The quantitative estimate of drug-likeness (QED) is 0.275. The van der Waals surface area contributed by atoms with Gasteiger partial charge in [0.15, 0.2) is 0 Å². The first-order valence-corrected chi connectivity index (χ1v) is 10.5. The maximum absolute atomic E-state index is 11.8. The van der Waals surface area contributed by atoms with E-state index in [2.05, 4.69) is 17.0 Å². The molecule has 0 aromatic carbocycles. The third-order valence-electron chi connectivity index (χ3n) is 4.74. The average molecular weight is 356 g/mol. The lowest BCUT2D eigenvalue weighted by Crippen LogP contribution is -2.40. The Morgan fingerprint density at radius 2 is 1.20 bits per heavy atom. The number of amides is 1. The van der Waals surface area contributed by atoms with Gasteiger partial charge in [-0.25, -0.2) is 4.79 Å². The highest BCUT2D eigenvalue weighted by Gasteiger charge is 2.18. The van der Waals surface area contributed by atoms with Crippen LogP contribution in [0.4, 0.5) is 0 Å². The molecular weight excluding hydrogens is 314 g/mol. The molecule has 0 aromatic rings. The smallest absolute Gasteiger partial charge is 0.328 e. The van der Waals surface area contributed by atoms with Gasteiger partial charge >= 0.3 is 5.97 Å². The fraction of sp³-hybridized carbons (Fsp3) is 0.905. The van der Waals surface area contributed by atoms with Crippen molar-refractivity contribution in [2.75, 3.05) is 7.11 Å². The van der Waals surface area contributed by atoms with Gasteiger partial charge in [-0.15, -0.1) is 0 Å². The van der Waals surface area contributed by atoms with Gasteiger partial charge in [-0.05, 0) is 12.8 Å². The Bertz CT molecular complexity index is 331. The van der Waals surface area contributed by atoms with E-state index in [4.69, 9.17) is 0 Å². The van der Waals surface area contributed by atoms with Gasteiger partial charge in [0.05, 0.1) is 7.11 Å². The Kier molecular flexibility index (Phi) is 17.0. The van der Waals surface area contributed by atoms with E-state index in [9.17, 15) is 9.59 Å². The van der Waals surface area contributed by atoms with E-state index in [1.807, 2.05) is 6.92 Å². The predicted octanol–water partition coefficient (Wildman–Crippen LogP) is 5.54. The molecule has 4 heteroatoms. The summed E-state index contributed by atoms with van der Waals surface area (Å²) in [6.07, 6.45) is 17.9. The van der Waals surface area contributed by atoms with Crippen LogP contribution in [0.25, 0.3) is 0 Å². The summed E-state index contributed by atoms with van der Waals surface area (Å²) >= 11 is 0. The van der Waals surface area contributed by atoms with E-state index in [0.717, 1.165) is 12.8 Å². The number of carbonyl (C=O) groups is 2. The van der Waals surface area contributed by atoms with E-state index >= 15 is 0 Å². The molecule has 148 valence electrons. The van der Waals surface area contributed by atoms with Gasteiger partial charge in [0.2, 0.25) is 5.91 Å². The zero-order valence-corrected chi connectivity index (χ0v) is 16.9. The molecule has 0 aliphatic carbocycles. The number of rotatable bonds is 17. The van der Waals surface area contributed by atoms with Crippen molar-refractivity contribution in [2.45, 2.75) is 116 Å². The standard InChI is InChI=1S/C21H41NO3/c1-4-6-7-8-9-10-11-12-13-14-15-16-17-18-20(23)22-19(5-2)21(24)25-3/h19H,4-18H2,1-3H3,(H,22,23). The number of carbonyl (C=O) groups excluding carboxylic acids is 2. The van der Waals surface area contributed by atoms with Gasteiger partial charge in [0, 0.05) is 6.42 Å². The van der Waals surface area contributed by atoms with Gasteiger partial charge in [-0.1, -0.05) is 90.9 Å². The minimum atomic E-state index is -0.500. The molecule has 1 N–H and O–H groups in total. The molecule has 0 rings (SSSR count). The molecule has 0 heterocycles. The van der Waals surface area contributed by atoms with Crippen LogP contribution in [0.3, 0.4) is 0 Å². The molecule has 4 nitrogen and oxygen atoms in total. The van der Waals surface area contributed by atoms with Crippen LogP contribution < -0.4 is 5.32 Å². The Labute approximate surface area is 155 Å². The third-order valence-corrected chi connectivity index (χ3v) is 4.74. The highest BCUT2D eigenvalue weighted by Crippen LogP contribution is 2.13. The molecule has 0 spiro atoms. The van der Waals surface area contributed by atoms with Crippen LogP contribution in [0.5, 0.6) is 0 Å². The van der Waals surface area contributed by atoms with Crippen LogP contribution in [0.15, 0.2) is 0 Å². The second-order valence-electron chi connectivity index (χ2n) is 7.04. The summed E-state index contributed by atoms with van der Waals surface area (Å²) in [5.74, 6) is -0.401. The van der Waals surface area contributed by atoms with Gasteiger partial charge in [-0.2, -0.15) is 0 Å². The Morgan fingerprint density at radius 3 is 1.60 bits per heavy atom. The van der Waals surface area contributed by atoms with Gasteiger partial charge in [0.25, 0.3) is 0 Å².